The Morgan fingerprint density at radius 3 is 2.23 bits per heavy atom. The Morgan fingerprint density at radius 2 is 1.73 bits per heavy atom. The Hall–Kier alpha value is -1.05. The van der Waals surface area contributed by atoms with E-state index in [4.69, 9.17) is 10.2 Å². The number of hydrogen-bond acceptors (Lipinski definition) is 4. The summed E-state index contributed by atoms with van der Waals surface area (Å²) in [6.45, 7) is 3.11. The summed E-state index contributed by atoms with van der Waals surface area (Å²) in [5.41, 5.74) is 1.16. The number of carboxylic acids is 2. The molecule has 7 heteroatoms. The normalized spacial score (nSPS) is 14.5. The molecule has 3 unspecified atom stereocenters. The van der Waals surface area contributed by atoms with Gasteiger partial charge in [-0.25, -0.2) is 0 Å². The first kappa shape index (κ1) is 20.9. The molecule has 0 saturated heterocycles. The average Bonchev–Trinajstić information content (AvgIpc) is 2.46. The van der Waals surface area contributed by atoms with Gasteiger partial charge in [0.25, 0.3) is 0 Å². The number of thioether (sulfide) groups is 1. The van der Waals surface area contributed by atoms with Crippen LogP contribution in [0.1, 0.15) is 19.4 Å². The molecule has 0 aliphatic carbocycles. The smallest absolute Gasteiger partial charge is 0.320 e. The van der Waals surface area contributed by atoms with Gasteiger partial charge in [-0.1, -0.05) is 37.3 Å². The summed E-state index contributed by atoms with van der Waals surface area (Å²) in [5.74, 6) is -1.24. The van der Waals surface area contributed by atoms with E-state index in [0.717, 1.165) is 11.3 Å². The lowest BCUT2D eigenvalue weighted by Crippen LogP contribution is -2.47. The number of benzene rings is 1. The summed E-state index contributed by atoms with van der Waals surface area (Å²) in [6.07, 6.45) is 0. The largest absolute Gasteiger partial charge is 0.481 e. The molecule has 1 rings (SSSR count). The molecule has 0 amide bonds. The fraction of sp³-hybridized carbons (Fsp3) is 0.467. The number of hydrogen-bond donors (Lipinski definition) is 3. The molecule has 0 spiro atoms. The third-order valence-corrected chi connectivity index (χ3v) is 4.37. The summed E-state index contributed by atoms with van der Waals surface area (Å²) in [4.78, 5) is 22.0. The number of carbonyl (C=O) groups is 2. The highest BCUT2D eigenvalue weighted by atomic mass is 79.9. The highest BCUT2D eigenvalue weighted by molar-refractivity contribution is 8.93. The van der Waals surface area contributed by atoms with E-state index in [1.54, 1.807) is 18.7 Å². The van der Waals surface area contributed by atoms with Gasteiger partial charge in [0, 0.05) is 17.5 Å². The van der Waals surface area contributed by atoms with E-state index in [2.05, 4.69) is 5.32 Å². The Balaban J connectivity index is 0.00000441. The van der Waals surface area contributed by atoms with Crippen LogP contribution in [0, 0.1) is 5.92 Å². The summed E-state index contributed by atoms with van der Waals surface area (Å²) >= 11 is 1.60. The zero-order valence-electron chi connectivity index (χ0n) is 12.6. The molecule has 3 atom stereocenters. The van der Waals surface area contributed by atoms with Gasteiger partial charge in [-0.2, -0.15) is 11.8 Å². The summed E-state index contributed by atoms with van der Waals surface area (Å²) in [5, 5.41) is 20.9. The maximum atomic E-state index is 11.1. The first-order valence-corrected chi connectivity index (χ1v) is 7.90. The van der Waals surface area contributed by atoms with Gasteiger partial charge >= 0.3 is 11.9 Å². The van der Waals surface area contributed by atoms with Crippen LogP contribution in [0.5, 0.6) is 0 Å². The Kier molecular flexibility index (Phi) is 10.1. The summed E-state index contributed by atoms with van der Waals surface area (Å²) in [7, 11) is 0. The van der Waals surface area contributed by atoms with E-state index >= 15 is 0 Å². The Morgan fingerprint density at radius 1 is 1.14 bits per heavy atom. The molecule has 0 fully saturated rings. The molecule has 0 saturated carbocycles. The summed E-state index contributed by atoms with van der Waals surface area (Å²) in [6, 6.07) is 8.72. The van der Waals surface area contributed by atoms with Crippen molar-refractivity contribution in [3.05, 3.63) is 35.9 Å². The highest BCUT2D eigenvalue weighted by Crippen LogP contribution is 2.17. The minimum atomic E-state index is -0.981. The number of aliphatic carboxylic acids is 2. The van der Waals surface area contributed by atoms with Gasteiger partial charge in [-0.05, 0) is 12.5 Å². The van der Waals surface area contributed by atoms with E-state index in [1.165, 1.54) is 6.92 Å². The molecule has 1 aromatic rings. The van der Waals surface area contributed by atoms with Gasteiger partial charge in [0.05, 0.1) is 5.92 Å². The van der Waals surface area contributed by atoms with Crippen LogP contribution in [0.15, 0.2) is 30.3 Å². The van der Waals surface area contributed by atoms with E-state index in [9.17, 15) is 9.59 Å². The Bertz CT molecular complexity index is 472. The van der Waals surface area contributed by atoms with Crippen molar-refractivity contribution in [2.45, 2.75) is 31.7 Å². The third-order valence-electron chi connectivity index (χ3n) is 3.24. The molecule has 0 heterocycles. The fourth-order valence-corrected chi connectivity index (χ4v) is 2.96. The van der Waals surface area contributed by atoms with E-state index in [1.807, 2.05) is 30.3 Å². The van der Waals surface area contributed by atoms with Crippen molar-refractivity contribution in [1.82, 2.24) is 5.32 Å². The van der Waals surface area contributed by atoms with Gasteiger partial charge < -0.3 is 15.5 Å². The van der Waals surface area contributed by atoms with Crippen molar-refractivity contribution in [2.75, 3.05) is 5.75 Å². The Labute approximate surface area is 145 Å². The van der Waals surface area contributed by atoms with E-state index in [-0.39, 0.29) is 23.0 Å². The lowest BCUT2D eigenvalue weighted by molar-refractivity contribution is -0.144. The van der Waals surface area contributed by atoms with E-state index < -0.39 is 23.9 Å². The molecular formula is C15H22BrNO4S. The standard InChI is InChI=1S/C15H21NO4S.BrH/c1-10(14(17)18)13(16-11(2)15(19)20)9-21-8-12-6-4-3-5-7-12;/h3-7,10-11,13,16H,8-9H2,1-2H3,(H,17,18)(H,19,20);1H. The van der Waals surface area contributed by atoms with Crippen LogP contribution in [-0.4, -0.2) is 40.0 Å². The quantitative estimate of drug-likeness (QED) is 0.599. The van der Waals surface area contributed by atoms with Crippen molar-refractivity contribution in [3.63, 3.8) is 0 Å². The van der Waals surface area contributed by atoms with Crippen molar-refractivity contribution in [1.29, 1.82) is 0 Å². The SMILES string of the molecule is Br.CC(NC(CSCc1ccccc1)C(C)C(=O)O)C(=O)O. The van der Waals surface area contributed by atoms with Crippen LogP contribution in [0.4, 0.5) is 0 Å². The molecular weight excluding hydrogens is 370 g/mol. The first-order chi connectivity index (χ1) is 9.91. The third kappa shape index (κ3) is 7.29. The molecule has 0 bridgehead atoms. The number of halogens is 1. The van der Waals surface area contributed by atoms with Crippen LogP contribution in [0.3, 0.4) is 0 Å². The highest BCUT2D eigenvalue weighted by Gasteiger charge is 2.26. The molecule has 0 aromatic heterocycles. The molecule has 124 valence electrons. The second-order valence-corrected chi connectivity index (χ2v) is 5.99. The predicted molar refractivity (Wildman–Crippen MR) is 93.7 cm³/mol. The molecule has 3 N–H and O–H groups in total. The number of rotatable bonds is 9. The lowest BCUT2D eigenvalue weighted by atomic mass is 10.0. The minimum Gasteiger partial charge on any atom is -0.481 e. The van der Waals surface area contributed by atoms with Crippen LogP contribution < -0.4 is 5.32 Å². The van der Waals surface area contributed by atoms with Crippen molar-refractivity contribution >= 4 is 40.7 Å². The molecule has 22 heavy (non-hydrogen) atoms. The average molecular weight is 392 g/mol. The number of nitrogens with one attached hydrogen (secondary N) is 1. The molecule has 0 radical (unpaired) electrons. The lowest BCUT2D eigenvalue weighted by Gasteiger charge is -2.24. The zero-order chi connectivity index (χ0) is 15.8. The monoisotopic (exact) mass is 391 g/mol. The number of carboxylic acid groups (broad SMARTS) is 2. The molecule has 1 aromatic carbocycles. The topological polar surface area (TPSA) is 86.6 Å². The summed E-state index contributed by atoms with van der Waals surface area (Å²) < 4.78 is 0. The second-order valence-electron chi connectivity index (χ2n) is 4.96. The zero-order valence-corrected chi connectivity index (χ0v) is 15.1. The predicted octanol–water partition coefficient (Wildman–Crippen LogP) is 2.65. The molecule has 0 aliphatic rings. The molecule has 0 aliphatic heterocycles. The van der Waals surface area contributed by atoms with Crippen LogP contribution in [0.2, 0.25) is 0 Å². The van der Waals surface area contributed by atoms with Crippen molar-refractivity contribution in [3.8, 4) is 0 Å². The second kappa shape index (κ2) is 10.6. The van der Waals surface area contributed by atoms with Crippen LogP contribution >= 0.6 is 28.7 Å². The van der Waals surface area contributed by atoms with Gasteiger partial charge in [-0.15, -0.1) is 17.0 Å². The van der Waals surface area contributed by atoms with Gasteiger partial charge in [0.2, 0.25) is 0 Å². The van der Waals surface area contributed by atoms with E-state index in [0.29, 0.717) is 5.75 Å². The van der Waals surface area contributed by atoms with Crippen LogP contribution in [-0.2, 0) is 15.3 Å². The van der Waals surface area contributed by atoms with Crippen molar-refractivity contribution in [2.24, 2.45) is 5.92 Å². The molecule has 5 nitrogen and oxygen atoms in total. The van der Waals surface area contributed by atoms with Gasteiger partial charge in [0.15, 0.2) is 0 Å². The maximum Gasteiger partial charge on any atom is 0.320 e. The maximum absolute atomic E-state index is 11.1. The van der Waals surface area contributed by atoms with Crippen LogP contribution in [0.25, 0.3) is 0 Å². The fourth-order valence-electron chi connectivity index (χ4n) is 1.78. The minimum absolute atomic E-state index is 0. The first-order valence-electron chi connectivity index (χ1n) is 6.75. The van der Waals surface area contributed by atoms with Crippen molar-refractivity contribution < 1.29 is 19.8 Å². The van der Waals surface area contributed by atoms with Gasteiger partial charge in [0.1, 0.15) is 6.04 Å². The van der Waals surface area contributed by atoms with Gasteiger partial charge in [-0.3, -0.25) is 9.59 Å².